The molecule has 0 aromatic carbocycles. The summed E-state index contributed by atoms with van der Waals surface area (Å²) in [6, 6.07) is 0.295. The maximum atomic E-state index is 12.2. The van der Waals surface area contributed by atoms with Crippen LogP contribution in [0.3, 0.4) is 0 Å². The van der Waals surface area contributed by atoms with Gasteiger partial charge in [0.25, 0.3) is 5.91 Å². The Morgan fingerprint density at radius 3 is 2.33 bits per heavy atom. The molecule has 0 atom stereocenters. The van der Waals surface area contributed by atoms with Crippen molar-refractivity contribution >= 4 is 17.8 Å². The Labute approximate surface area is 128 Å². The van der Waals surface area contributed by atoms with E-state index in [4.69, 9.17) is 0 Å². The van der Waals surface area contributed by atoms with Gasteiger partial charge in [-0.3, -0.25) is 9.79 Å². The molecule has 0 saturated heterocycles. The molecule has 1 N–H and O–H groups in total. The fraction of sp³-hybridized carbons (Fsp3) is 0.588. The van der Waals surface area contributed by atoms with Crippen molar-refractivity contribution in [2.75, 3.05) is 0 Å². The van der Waals surface area contributed by atoms with Gasteiger partial charge in [0.15, 0.2) is 0 Å². The van der Waals surface area contributed by atoms with Crippen LogP contribution >= 0.6 is 0 Å². The van der Waals surface area contributed by atoms with E-state index in [1.54, 1.807) is 13.1 Å². The van der Waals surface area contributed by atoms with Gasteiger partial charge in [0.05, 0.1) is 11.4 Å². The van der Waals surface area contributed by atoms with Crippen LogP contribution in [-0.4, -0.2) is 23.9 Å². The van der Waals surface area contributed by atoms with E-state index in [1.165, 1.54) is 19.3 Å². The number of carbonyl (C=O) groups is 1. The fourth-order valence-corrected chi connectivity index (χ4v) is 2.50. The van der Waals surface area contributed by atoms with Gasteiger partial charge >= 0.3 is 0 Å². The molecule has 21 heavy (non-hydrogen) atoms. The van der Waals surface area contributed by atoms with Crippen LogP contribution in [0.5, 0.6) is 0 Å². The van der Waals surface area contributed by atoms with Gasteiger partial charge in [-0.2, -0.15) is 0 Å². The number of aliphatic imine (C=N–C) groups is 2. The van der Waals surface area contributed by atoms with Gasteiger partial charge in [-0.05, 0) is 46.1 Å². The third-order valence-electron chi connectivity index (χ3n) is 3.62. The third kappa shape index (κ3) is 5.66. The van der Waals surface area contributed by atoms with Crippen LogP contribution in [0, 0.1) is 0 Å². The highest BCUT2D eigenvalue weighted by Gasteiger charge is 2.17. The summed E-state index contributed by atoms with van der Waals surface area (Å²) in [5.74, 6) is -0.0890. The van der Waals surface area contributed by atoms with Gasteiger partial charge in [-0.25, -0.2) is 4.99 Å². The number of rotatable bonds is 5. The zero-order chi connectivity index (χ0) is 15.8. The number of allylic oxidation sites excluding steroid dienone is 2. The Balaban J connectivity index is 2.82. The number of hydrogen-bond donors (Lipinski definition) is 1. The van der Waals surface area contributed by atoms with Crippen LogP contribution in [0.15, 0.2) is 33.5 Å². The molecule has 1 rings (SSSR count). The highest BCUT2D eigenvalue weighted by Crippen LogP contribution is 2.18. The Kier molecular flexibility index (Phi) is 7.06. The Morgan fingerprint density at radius 1 is 1.19 bits per heavy atom. The molecule has 0 radical (unpaired) electrons. The molecule has 1 saturated carbocycles. The molecule has 0 unspecified atom stereocenters. The lowest BCUT2D eigenvalue weighted by Gasteiger charge is -2.22. The van der Waals surface area contributed by atoms with Crippen molar-refractivity contribution in [2.24, 2.45) is 9.98 Å². The molecular weight excluding hydrogens is 262 g/mol. The van der Waals surface area contributed by atoms with Gasteiger partial charge in [-0.15, -0.1) is 0 Å². The molecule has 1 amide bonds. The predicted octanol–water partition coefficient (Wildman–Crippen LogP) is 3.79. The van der Waals surface area contributed by atoms with Gasteiger partial charge in [-0.1, -0.05) is 25.8 Å². The molecule has 4 nitrogen and oxygen atoms in total. The quantitative estimate of drug-likeness (QED) is 0.607. The Hall–Kier alpha value is -1.71. The molecule has 0 heterocycles. The fourth-order valence-electron chi connectivity index (χ4n) is 2.50. The number of nitrogens with zero attached hydrogens (tertiary/aromatic N) is 2. The molecule has 0 aliphatic heterocycles. The summed E-state index contributed by atoms with van der Waals surface area (Å²) in [6.07, 6.45) is 7.52. The SMILES string of the molecule is C=C(C)/C(N=C(C)C(=O)NC1CCCCC1)=C(/C)N=CC. The number of amides is 1. The summed E-state index contributed by atoms with van der Waals surface area (Å²) >= 11 is 0. The van der Waals surface area contributed by atoms with E-state index in [2.05, 4.69) is 21.9 Å². The molecule has 0 aromatic heterocycles. The average molecular weight is 289 g/mol. The lowest BCUT2D eigenvalue weighted by Crippen LogP contribution is -2.39. The molecule has 1 fully saturated rings. The molecular formula is C17H27N3O. The topological polar surface area (TPSA) is 53.8 Å². The van der Waals surface area contributed by atoms with E-state index in [0.29, 0.717) is 17.5 Å². The van der Waals surface area contributed by atoms with E-state index < -0.39 is 0 Å². The summed E-state index contributed by atoms with van der Waals surface area (Å²) in [5.41, 5.74) is 2.73. The van der Waals surface area contributed by atoms with E-state index in [9.17, 15) is 4.79 Å². The second-order valence-electron chi connectivity index (χ2n) is 5.61. The normalized spacial score (nSPS) is 18.6. The highest BCUT2D eigenvalue weighted by molar-refractivity contribution is 6.38. The van der Waals surface area contributed by atoms with Crippen LogP contribution in [-0.2, 0) is 4.79 Å². The van der Waals surface area contributed by atoms with Gasteiger partial charge < -0.3 is 5.32 Å². The first-order chi connectivity index (χ1) is 9.95. The van der Waals surface area contributed by atoms with Crippen molar-refractivity contribution < 1.29 is 4.79 Å². The second kappa shape index (κ2) is 8.55. The zero-order valence-electron chi connectivity index (χ0n) is 13.7. The van der Waals surface area contributed by atoms with Crippen molar-refractivity contribution in [3.63, 3.8) is 0 Å². The minimum Gasteiger partial charge on any atom is -0.348 e. The summed E-state index contributed by atoms with van der Waals surface area (Å²) in [4.78, 5) is 20.9. The number of nitrogens with one attached hydrogen (secondary N) is 1. The largest absolute Gasteiger partial charge is 0.348 e. The second-order valence-corrected chi connectivity index (χ2v) is 5.61. The minimum absolute atomic E-state index is 0.0890. The predicted molar refractivity (Wildman–Crippen MR) is 89.8 cm³/mol. The lowest BCUT2D eigenvalue weighted by molar-refractivity contribution is -0.115. The number of carbonyl (C=O) groups excluding carboxylic acids is 1. The van der Waals surface area contributed by atoms with E-state index in [0.717, 1.165) is 24.1 Å². The maximum absolute atomic E-state index is 12.2. The Morgan fingerprint density at radius 2 is 1.81 bits per heavy atom. The van der Waals surface area contributed by atoms with E-state index >= 15 is 0 Å². The summed E-state index contributed by atoms with van der Waals surface area (Å²) in [5, 5.41) is 3.07. The first kappa shape index (κ1) is 17.3. The molecule has 116 valence electrons. The average Bonchev–Trinajstić information content (AvgIpc) is 2.45. The molecule has 1 aliphatic rings. The van der Waals surface area contributed by atoms with Gasteiger partial charge in [0.2, 0.25) is 0 Å². The maximum Gasteiger partial charge on any atom is 0.265 e. The van der Waals surface area contributed by atoms with Crippen molar-refractivity contribution in [3.8, 4) is 0 Å². The van der Waals surface area contributed by atoms with Crippen molar-refractivity contribution in [3.05, 3.63) is 23.5 Å². The third-order valence-corrected chi connectivity index (χ3v) is 3.62. The molecule has 0 aromatic rings. The summed E-state index contributed by atoms with van der Waals surface area (Å²) in [7, 11) is 0. The zero-order valence-corrected chi connectivity index (χ0v) is 13.7. The Bertz CT molecular complexity index is 480. The molecule has 0 bridgehead atoms. The first-order valence-corrected chi connectivity index (χ1v) is 7.67. The van der Waals surface area contributed by atoms with Crippen molar-refractivity contribution in [1.82, 2.24) is 5.32 Å². The van der Waals surface area contributed by atoms with Crippen LogP contribution in [0.25, 0.3) is 0 Å². The van der Waals surface area contributed by atoms with Crippen LogP contribution in [0.1, 0.15) is 59.8 Å². The number of hydrogen-bond acceptors (Lipinski definition) is 3. The van der Waals surface area contributed by atoms with Crippen LogP contribution in [0.2, 0.25) is 0 Å². The van der Waals surface area contributed by atoms with Gasteiger partial charge in [0.1, 0.15) is 5.71 Å². The van der Waals surface area contributed by atoms with Crippen LogP contribution in [0.4, 0.5) is 0 Å². The van der Waals surface area contributed by atoms with Crippen LogP contribution < -0.4 is 5.32 Å². The smallest absolute Gasteiger partial charge is 0.265 e. The minimum atomic E-state index is -0.0890. The van der Waals surface area contributed by atoms with E-state index in [-0.39, 0.29) is 5.91 Å². The van der Waals surface area contributed by atoms with E-state index in [1.807, 2.05) is 20.8 Å². The first-order valence-electron chi connectivity index (χ1n) is 7.67. The lowest BCUT2D eigenvalue weighted by atomic mass is 9.95. The monoisotopic (exact) mass is 289 g/mol. The summed E-state index contributed by atoms with van der Waals surface area (Å²) < 4.78 is 0. The molecule has 4 heteroatoms. The van der Waals surface area contributed by atoms with Gasteiger partial charge in [0, 0.05) is 12.3 Å². The van der Waals surface area contributed by atoms with Crippen molar-refractivity contribution in [2.45, 2.75) is 65.8 Å². The summed E-state index contributed by atoms with van der Waals surface area (Å²) in [6.45, 7) is 11.3. The molecule has 0 spiro atoms. The van der Waals surface area contributed by atoms with Crippen molar-refractivity contribution in [1.29, 1.82) is 0 Å². The highest BCUT2D eigenvalue weighted by atomic mass is 16.1. The standard InChI is InChI=1S/C17H27N3O/c1-6-18-13(4)16(12(2)3)19-14(5)17(21)20-15-10-8-7-9-11-15/h6,15H,2,7-11H2,1,3-5H3,(H,20,21)/b16-13+,18-6?,19-14?. The molecule has 1 aliphatic carbocycles.